The molecule has 0 aromatic heterocycles. The number of aliphatic hydroxyl groups is 1. The number of benzene rings is 3. The summed E-state index contributed by atoms with van der Waals surface area (Å²) in [6, 6.07) is 20.8. The number of anilines is 2. The van der Waals surface area contributed by atoms with Crippen molar-refractivity contribution in [3.05, 3.63) is 99.6 Å². The highest BCUT2D eigenvalue weighted by atomic mass is 28.4. The lowest BCUT2D eigenvalue weighted by Crippen LogP contribution is -2.48. The molecule has 3 aromatic carbocycles. The van der Waals surface area contributed by atoms with E-state index in [2.05, 4.69) is 0 Å². The SMILES string of the molecule is C[C@@H]1[C@@H]([Si](C)(C)O)[C@H](CC(=O)N2Cc3ccccc3C[C@H]2CO)O[C@@]12C(=O)N(c1ccccc1)c1ccc([N+](=O)[O-])cc12. The lowest BCUT2D eigenvalue weighted by molar-refractivity contribution is -0.385. The van der Waals surface area contributed by atoms with Crippen LogP contribution in [0.4, 0.5) is 17.1 Å². The van der Waals surface area contributed by atoms with Crippen molar-refractivity contribution < 1.29 is 29.2 Å². The Balaban J connectivity index is 1.41. The van der Waals surface area contributed by atoms with Crippen LogP contribution in [0.2, 0.25) is 18.6 Å². The van der Waals surface area contributed by atoms with E-state index >= 15 is 0 Å². The smallest absolute Gasteiger partial charge is 0.269 e. The third-order valence-electron chi connectivity index (χ3n) is 9.36. The Kier molecular flexibility index (Phi) is 7.24. The predicted molar refractivity (Wildman–Crippen MR) is 162 cm³/mol. The van der Waals surface area contributed by atoms with E-state index in [-0.39, 0.29) is 24.6 Å². The molecular weight excluding hydrogens is 566 g/mol. The van der Waals surface area contributed by atoms with Gasteiger partial charge in [0.05, 0.1) is 35.8 Å². The van der Waals surface area contributed by atoms with E-state index in [1.54, 1.807) is 48.3 Å². The number of amides is 2. The van der Waals surface area contributed by atoms with Crippen LogP contribution in [0.3, 0.4) is 0 Å². The molecule has 3 aromatic rings. The highest BCUT2D eigenvalue weighted by Crippen LogP contribution is 2.61. The fourth-order valence-electron chi connectivity index (χ4n) is 7.47. The predicted octanol–water partition coefficient (Wildman–Crippen LogP) is 4.41. The number of fused-ring (bicyclic) bond motifs is 3. The summed E-state index contributed by atoms with van der Waals surface area (Å²) in [6.45, 7) is 5.52. The lowest BCUT2D eigenvalue weighted by Gasteiger charge is -2.37. The molecule has 0 bridgehead atoms. The quantitative estimate of drug-likeness (QED) is 0.243. The van der Waals surface area contributed by atoms with E-state index in [0.717, 1.165) is 11.1 Å². The van der Waals surface area contributed by atoms with Crippen LogP contribution in [0, 0.1) is 16.0 Å². The topological polar surface area (TPSA) is 133 Å². The van der Waals surface area contributed by atoms with Gasteiger partial charge in [-0.05, 0) is 48.8 Å². The van der Waals surface area contributed by atoms with Crippen LogP contribution in [0.25, 0.3) is 0 Å². The van der Waals surface area contributed by atoms with Gasteiger partial charge in [0.2, 0.25) is 5.91 Å². The molecule has 3 aliphatic heterocycles. The van der Waals surface area contributed by atoms with Crippen LogP contribution >= 0.6 is 0 Å². The van der Waals surface area contributed by atoms with Crippen LogP contribution < -0.4 is 4.90 Å². The Morgan fingerprint density at radius 1 is 1.09 bits per heavy atom. The minimum absolute atomic E-state index is 0.102. The van der Waals surface area contributed by atoms with Crippen molar-refractivity contribution in [1.29, 1.82) is 0 Å². The number of aliphatic hydroxyl groups excluding tert-OH is 1. The van der Waals surface area contributed by atoms with Crippen LogP contribution in [-0.2, 0) is 32.9 Å². The van der Waals surface area contributed by atoms with Gasteiger partial charge in [0.15, 0.2) is 13.9 Å². The zero-order valence-corrected chi connectivity index (χ0v) is 25.3. The second-order valence-corrected chi connectivity index (χ2v) is 16.3. The zero-order chi connectivity index (χ0) is 30.7. The molecule has 3 heterocycles. The summed E-state index contributed by atoms with van der Waals surface area (Å²) in [5.74, 6) is -1.23. The lowest BCUT2D eigenvalue weighted by atomic mass is 9.82. The summed E-state index contributed by atoms with van der Waals surface area (Å²) in [6.07, 6.45) is -0.400. The van der Waals surface area contributed by atoms with E-state index in [9.17, 15) is 29.6 Å². The zero-order valence-electron chi connectivity index (χ0n) is 24.3. The number of nitro benzene ring substituents is 1. The number of hydrogen-bond donors (Lipinski definition) is 2. The molecule has 2 N–H and O–H groups in total. The van der Waals surface area contributed by atoms with Gasteiger partial charge in [0.1, 0.15) is 0 Å². The van der Waals surface area contributed by atoms with Gasteiger partial charge in [-0.25, -0.2) is 0 Å². The number of hydrogen-bond acceptors (Lipinski definition) is 7. The largest absolute Gasteiger partial charge is 0.432 e. The van der Waals surface area contributed by atoms with E-state index < -0.39 is 48.4 Å². The Morgan fingerprint density at radius 3 is 2.42 bits per heavy atom. The minimum Gasteiger partial charge on any atom is -0.432 e. The Morgan fingerprint density at radius 2 is 1.77 bits per heavy atom. The van der Waals surface area contributed by atoms with Gasteiger partial charge in [0.25, 0.3) is 11.6 Å². The van der Waals surface area contributed by atoms with Crippen molar-refractivity contribution in [2.75, 3.05) is 11.5 Å². The number of para-hydroxylation sites is 1. The van der Waals surface area contributed by atoms with Crippen LogP contribution in [0.5, 0.6) is 0 Å². The van der Waals surface area contributed by atoms with Crippen molar-refractivity contribution >= 4 is 37.2 Å². The molecule has 1 fully saturated rings. The van der Waals surface area contributed by atoms with Crippen molar-refractivity contribution in [2.45, 2.75) is 62.7 Å². The molecule has 0 unspecified atom stereocenters. The average molecular weight is 602 g/mol. The maximum atomic E-state index is 14.6. The minimum atomic E-state index is -3.08. The summed E-state index contributed by atoms with van der Waals surface area (Å²) in [5, 5.41) is 22.0. The summed E-state index contributed by atoms with van der Waals surface area (Å²) < 4.78 is 6.74. The molecule has 224 valence electrons. The Hall–Kier alpha value is -3.90. The van der Waals surface area contributed by atoms with Gasteiger partial charge in [-0.1, -0.05) is 49.4 Å². The first-order chi connectivity index (χ1) is 20.5. The number of nitro groups is 1. The number of nitrogens with zero attached hydrogens (tertiary/aromatic N) is 3. The number of non-ortho nitro benzene ring substituents is 1. The van der Waals surface area contributed by atoms with Gasteiger partial charge in [-0.2, -0.15) is 0 Å². The van der Waals surface area contributed by atoms with E-state index in [1.807, 2.05) is 37.3 Å². The van der Waals surface area contributed by atoms with E-state index in [1.165, 1.54) is 17.0 Å². The Labute approximate surface area is 250 Å². The van der Waals surface area contributed by atoms with Crippen molar-refractivity contribution in [3.63, 3.8) is 0 Å². The van der Waals surface area contributed by atoms with Crippen LogP contribution in [0.1, 0.15) is 30.0 Å². The molecule has 2 amide bonds. The first kappa shape index (κ1) is 29.2. The van der Waals surface area contributed by atoms with E-state index in [0.29, 0.717) is 29.9 Å². The first-order valence-electron chi connectivity index (χ1n) is 14.5. The van der Waals surface area contributed by atoms with Gasteiger partial charge >= 0.3 is 0 Å². The maximum absolute atomic E-state index is 14.6. The van der Waals surface area contributed by atoms with Gasteiger partial charge < -0.3 is 19.5 Å². The molecule has 0 saturated carbocycles. The maximum Gasteiger partial charge on any atom is 0.269 e. The molecule has 6 rings (SSSR count). The highest BCUT2D eigenvalue weighted by molar-refractivity contribution is 6.71. The fourth-order valence-corrected chi connectivity index (χ4v) is 10.0. The summed E-state index contributed by atoms with van der Waals surface area (Å²) in [5.41, 5.74) is 1.18. The molecule has 1 saturated heterocycles. The molecule has 5 atom stereocenters. The average Bonchev–Trinajstić information content (AvgIpc) is 3.42. The van der Waals surface area contributed by atoms with Gasteiger partial charge in [-0.15, -0.1) is 0 Å². The Bertz CT molecular complexity index is 1590. The second kappa shape index (κ2) is 10.7. The number of carbonyl (C=O) groups excluding carboxylic acids is 2. The second-order valence-electron chi connectivity index (χ2n) is 12.3. The van der Waals surface area contributed by atoms with Crippen LogP contribution in [0.15, 0.2) is 72.8 Å². The summed E-state index contributed by atoms with van der Waals surface area (Å²) in [7, 11) is -3.08. The number of rotatable bonds is 6. The van der Waals surface area contributed by atoms with Crippen molar-refractivity contribution in [1.82, 2.24) is 4.90 Å². The number of ether oxygens (including phenoxy) is 1. The molecule has 0 aliphatic carbocycles. The normalized spacial score (nSPS) is 26.5. The molecule has 0 radical (unpaired) electrons. The first-order valence-corrected chi connectivity index (χ1v) is 17.6. The third kappa shape index (κ3) is 4.67. The van der Waals surface area contributed by atoms with Gasteiger partial charge in [-0.3, -0.25) is 24.6 Å². The molecular formula is C32H35N3O7Si. The summed E-state index contributed by atoms with van der Waals surface area (Å²) in [4.78, 5) is 54.6. The molecule has 1 spiro atoms. The molecule has 43 heavy (non-hydrogen) atoms. The highest BCUT2D eigenvalue weighted by Gasteiger charge is 2.67. The third-order valence-corrected chi connectivity index (χ3v) is 11.9. The van der Waals surface area contributed by atoms with E-state index in [4.69, 9.17) is 4.74 Å². The van der Waals surface area contributed by atoms with Crippen molar-refractivity contribution in [3.8, 4) is 0 Å². The van der Waals surface area contributed by atoms with Gasteiger partial charge in [0, 0.05) is 41.4 Å². The number of carbonyl (C=O) groups is 2. The fraction of sp³-hybridized carbons (Fsp3) is 0.375. The van der Waals surface area contributed by atoms with Crippen molar-refractivity contribution in [2.24, 2.45) is 5.92 Å². The van der Waals surface area contributed by atoms with Crippen LogP contribution in [-0.4, -0.2) is 58.6 Å². The summed E-state index contributed by atoms with van der Waals surface area (Å²) >= 11 is 0. The monoisotopic (exact) mass is 601 g/mol. The standard InChI is InChI=1S/C32H35N3O7Si/c1-20-30(43(2,3)41)28(17-29(37)33-18-22-10-8-7-9-21(22)15-25(33)19-36)42-32(20)26-16-24(35(39)40)13-14-27(26)34(31(32)38)23-11-5-4-6-12-23/h4-14,16,20,25,28,30,36,41H,15,17-19H2,1-3H3/t20-,25+,28+,30-,32+/m1/s1. The molecule has 10 nitrogen and oxygen atoms in total. The molecule has 11 heteroatoms. The molecule has 3 aliphatic rings.